The third-order valence-corrected chi connectivity index (χ3v) is 3.28. The van der Waals surface area contributed by atoms with E-state index in [1.807, 2.05) is 6.92 Å². The molecule has 1 amide bonds. The molecule has 6 heteroatoms. The van der Waals surface area contributed by atoms with Crippen molar-refractivity contribution in [3.05, 3.63) is 17.0 Å². The first-order valence-corrected chi connectivity index (χ1v) is 6.07. The molecule has 1 aliphatic rings. The van der Waals surface area contributed by atoms with E-state index in [4.69, 9.17) is 5.11 Å². The Bertz CT molecular complexity index is 493. The van der Waals surface area contributed by atoms with Crippen molar-refractivity contribution in [2.75, 3.05) is 6.54 Å². The normalized spacial score (nSPS) is 14.4. The zero-order valence-electron chi connectivity index (χ0n) is 10.6. The average molecular weight is 251 g/mol. The van der Waals surface area contributed by atoms with Gasteiger partial charge >= 0.3 is 5.97 Å². The van der Waals surface area contributed by atoms with Crippen LogP contribution in [-0.4, -0.2) is 38.2 Å². The van der Waals surface area contributed by atoms with Crippen LogP contribution in [0.15, 0.2) is 0 Å². The van der Waals surface area contributed by atoms with Crippen molar-refractivity contribution in [3.63, 3.8) is 0 Å². The molecule has 0 bridgehead atoms. The zero-order valence-corrected chi connectivity index (χ0v) is 10.6. The van der Waals surface area contributed by atoms with Gasteiger partial charge in [-0.3, -0.25) is 14.3 Å². The summed E-state index contributed by atoms with van der Waals surface area (Å²) in [5, 5.41) is 13.2. The highest BCUT2D eigenvalue weighted by Gasteiger charge is 2.25. The summed E-state index contributed by atoms with van der Waals surface area (Å²) >= 11 is 0. The van der Waals surface area contributed by atoms with Crippen LogP contribution in [0.3, 0.4) is 0 Å². The summed E-state index contributed by atoms with van der Waals surface area (Å²) < 4.78 is 1.56. The molecule has 2 rings (SSSR count). The summed E-state index contributed by atoms with van der Waals surface area (Å²) in [6.07, 6.45) is 1.43. The number of aliphatic carboxylic acids is 1. The first-order chi connectivity index (χ1) is 8.52. The molecule has 0 saturated carbocycles. The Labute approximate surface area is 105 Å². The highest BCUT2D eigenvalue weighted by molar-refractivity contribution is 5.73. The lowest BCUT2D eigenvalue weighted by molar-refractivity contribution is -0.138. The Morgan fingerprint density at radius 2 is 2.17 bits per heavy atom. The number of amides is 1. The number of aromatic nitrogens is 2. The lowest BCUT2D eigenvalue weighted by Gasteiger charge is -2.26. The van der Waals surface area contributed by atoms with Crippen molar-refractivity contribution in [1.82, 2.24) is 14.7 Å². The molecule has 0 radical (unpaired) electrons. The Hall–Kier alpha value is -1.85. The SMILES string of the molecule is CCc1nn(CC(=O)O)c2c1CN(C(C)=O)CC2. The summed E-state index contributed by atoms with van der Waals surface area (Å²) in [4.78, 5) is 24.0. The number of fused-ring (bicyclic) bond motifs is 1. The number of hydrogen-bond donors (Lipinski definition) is 1. The van der Waals surface area contributed by atoms with Crippen molar-refractivity contribution in [2.24, 2.45) is 0 Å². The largest absolute Gasteiger partial charge is 0.480 e. The predicted molar refractivity (Wildman–Crippen MR) is 64.0 cm³/mol. The molecule has 0 aromatic carbocycles. The van der Waals surface area contributed by atoms with E-state index < -0.39 is 5.97 Å². The van der Waals surface area contributed by atoms with E-state index >= 15 is 0 Å². The molecule has 6 nitrogen and oxygen atoms in total. The molecule has 0 fully saturated rings. The molecular formula is C12H17N3O3. The van der Waals surface area contributed by atoms with Crippen LogP contribution in [0.1, 0.15) is 30.8 Å². The van der Waals surface area contributed by atoms with Crippen molar-refractivity contribution < 1.29 is 14.7 Å². The zero-order chi connectivity index (χ0) is 13.3. The van der Waals surface area contributed by atoms with E-state index in [-0.39, 0.29) is 12.5 Å². The maximum absolute atomic E-state index is 11.4. The molecule has 2 heterocycles. The number of carbonyl (C=O) groups is 2. The second kappa shape index (κ2) is 4.80. The van der Waals surface area contributed by atoms with Crippen LogP contribution in [-0.2, 0) is 35.5 Å². The molecule has 0 saturated heterocycles. The average Bonchev–Trinajstić information content (AvgIpc) is 2.66. The fraction of sp³-hybridized carbons (Fsp3) is 0.583. The number of carboxylic acid groups (broad SMARTS) is 1. The van der Waals surface area contributed by atoms with Crippen LogP contribution in [0.25, 0.3) is 0 Å². The monoisotopic (exact) mass is 251 g/mol. The van der Waals surface area contributed by atoms with Gasteiger partial charge in [0.1, 0.15) is 6.54 Å². The van der Waals surface area contributed by atoms with E-state index in [9.17, 15) is 9.59 Å². The Morgan fingerprint density at radius 1 is 1.44 bits per heavy atom. The lowest BCUT2D eigenvalue weighted by Crippen LogP contribution is -2.35. The number of carboxylic acids is 1. The molecule has 98 valence electrons. The van der Waals surface area contributed by atoms with Crippen LogP contribution < -0.4 is 0 Å². The first-order valence-electron chi connectivity index (χ1n) is 6.07. The molecule has 1 aromatic rings. The number of aryl methyl sites for hydroxylation is 1. The van der Waals surface area contributed by atoms with Crippen LogP contribution in [0.4, 0.5) is 0 Å². The third kappa shape index (κ3) is 2.23. The van der Waals surface area contributed by atoms with Gasteiger partial charge in [-0.05, 0) is 6.42 Å². The highest BCUT2D eigenvalue weighted by Crippen LogP contribution is 2.23. The molecule has 1 aliphatic heterocycles. The minimum Gasteiger partial charge on any atom is -0.480 e. The Balaban J connectivity index is 2.34. The number of nitrogens with zero attached hydrogens (tertiary/aromatic N) is 3. The third-order valence-electron chi connectivity index (χ3n) is 3.28. The highest BCUT2D eigenvalue weighted by atomic mass is 16.4. The molecule has 0 aliphatic carbocycles. The molecule has 0 atom stereocenters. The molecular weight excluding hydrogens is 234 g/mol. The minimum atomic E-state index is -0.892. The van der Waals surface area contributed by atoms with Gasteiger partial charge in [0, 0.05) is 37.7 Å². The second-order valence-corrected chi connectivity index (χ2v) is 4.47. The Morgan fingerprint density at radius 3 is 2.72 bits per heavy atom. The standard InChI is InChI=1S/C12H17N3O3/c1-3-10-9-6-14(8(2)16)5-4-11(9)15(13-10)7-12(17)18/h3-7H2,1-2H3,(H,17,18). The van der Waals surface area contributed by atoms with Gasteiger partial charge in [0.05, 0.1) is 5.69 Å². The smallest absolute Gasteiger partial charge is 0.325 e. The second-order valence-electron chi connectivity index (χ2n) is 4.47. The molecule has 0 spiro atoms. The van der Waals surface area contributed by atoms with Gasteiger partial charge in [0.2, 0.25) is 5.91 Å². The van der Waals surface area contributed by atoms with Gasteiger partial charge in [-0.2, -0.15) is 5.10 Å². The number of carbonyl (C=O) groups excluding carboxylic acids is 1. The van der Waals surface area contributed by atoms with Crippen LogP contribution >= 0.6 is 0 Å². The van der Waals surface area contributed by atoms with Gasteiger partial charge < -0.3 is 10.0 Å². The van der Waals surface area contributed by atoms with E-state index in [0.29, 0.717) is 19.5 Å². The maximum Gasteiger partial charge on any atom is 0.325 e. The Kier molecular flexibility index (Phi) is 3.36. The van der Waals surface area contributed by atoms with Crippen molar-refractivity contribution >= 4 is 11.9 Å². The summed E-state index contributed by atoms with van der Waals surface area (Å²) in [6, 6.07) is 0. The number of rotatable bonds is 3. The molecule has 0 unspecified atom stereocenters. The summed E-state index contributed by atoms with van der Waals surface area (Å²) in [5.74, 6) is -0.842. The summed E-state index contributed by atoms with van der Waals surface area (Å²) in [5.41, 5.74) is 2.89. The quantitative estimate of drug-likeness (QED) is 0.845. The fourth-order valence-corrected chi connectivity index (χ4v) is 2.37. The first kappa shape index (κ1) is 12.6. The van der Waals surface area contributed by atoms with Crippen LogP contribution in [0, 0.1) is 0 Å². The van der Waals surface area contributed by atoms with Gasteiger partial charge in [-0.25, -0.2) is 0 Å². The summed E-state index contributed by atoms with van der Waals surface area (Å²) in [7, 11) is 0. The van der Waals surface area contributed by atoms with E-state index in [1.165, 1.54) is 0 Å². The topological polar surface area (TPSA) is 75.4 Å². The molecule has 1 aromatic heterocycles. The molecule has 18 heavy (non-hydrogen) atoms. The van der Waals surface area contributed by atoms with E-state index in [0.717, 1.165) is 23.4 Å². The van der Waals surface area contributed by atoms with Crippen molar-refractivity contribution in [1.29, 1.82) is 0 Å². The predicted octanol–water partition coefficient (Wildman–Crippen LogP) is 0.435. The van der Waals surface area contributed by atoms with Crippen LogP contribution in [0.5, 0.6) is 0 Å². The number of hydrogen-bond acceptors (Lipinski definition) is 3. The lowest BCUT2D eigenvalue weighted by atomic mass is 10.0. The van der Waals surface area contributed by atoms with E-state index in [2.05, 4.69) is 5.10 Å². The van der Waals surface area contributed by atoms with Crippen molar-refractivity contribution in [2.45, 2.75) is 39.8 Å². The fourth-order valence-electron chi connectivity index (χ4n) is 2.37. The van der Waals surface area contributed by atoms with E-state index in [1.54, 1.807) is 16.5 Å². The van der Waals surface area contributed by atoms with Gasteiger partial charge in [0.25, 0.3) is 0 Å². The maximum atomic E-state index is 11.4. The van der Waals surface area contributed by atoms with Gasteiger partial charge in [-0.15, -0.1) is 0 Å². The van der Waals surface area contributed by atoms with Gasteiger partial charge in [0.15, 0.2) is 0 Å². The van der Waals surface area contributed by atoms with Crippen LogP contribution in [0.2, 0.25) is 0 Å². The summed E-state index contributed by atoms with van der Waals surface area (Å²) in [6.45, 7) is 4.62. The molecule has 1 N–H and O–H groups in total. The van der Waals surface area contributed by atoms with Crippen molar-refractivity contribution in [3.8, 4) is 0 Å². The minimum absolute atomic E-state index is 0.0497. The van der Waals surface area contributed by atoms with Gasteiger partial charge in [-0.1, -0.05) is 6.92 Å².